The van der Waals surface area contributed by atoms with Crippen molar-refractivity contribution in [3.63, 3.8) is 0 Å². The maximum Gasteiger partial charge on any atom is 0.255 e. The van der Waals surface area contributed by atoms with E-state index < -0.39 is 10.0 Å². The summed E-state index contributed by atoms with van der Waals surface area (Å²) in [6.07, 6.45) is 2.74. The molecule has 1 fully saturated rings. The van der Waals surface area contributed by atoms with Gasteiger partial charge in [-0.05, 0) is 61.2 Å². The Hall–Kier alpha value is -2.71. The lowest BCUT2D eigenvalue weighted by molar-refractivity contribution is -0.119. The monoisotopic (exact) mass is 441 g/mol. The molecule has 1 saturated carbocycles. The van der Waals surface area contributed by atoms with Crippen LogP contribution in [0.4, 0.5) is 11.4 Å². The SMILES string of the molecule is CCN(CC)S(=O)(=O)c1ccc(C(=O)Nc2ccc3c(c2)N(C(=O)C2CC2)CC3)cc1. The Morgan fingerprint density at radius 3 is 2.35 bits per heavy atom. The number of amides is 2. The average Bonchev–Trinajstić information content (AvgIpc) is 3.53. The maximum atomic E-state index is 12.7. The summed E-state index contributed by atoms with van der Waals surface area (Å²) in [4.78, 5) is 27.2. The molecule has 0 unspecified atom stereocenters. The number of anilines is 2. The van der Waals surface area contributed by atoms with Gasteiger partial charge < -0.3 is 10.2 Å². The third-order valence-electron chi connectivity index (χ3n) is 5.89. The fraction of sp³-hybridized carbons (Fsp3) is 0.391. The molecule has 1 aliphatic carbocycles. The van der Waals surface area contributed by atoms with Gasteiger partial charge in [-0.15, -0.1) is 0 Å². The number of nitrogens with one attached hydrogen (secondary N) is 1. The van der Waals surface area contributed by atoms with E-state index in [-0.39, 0.29) is 22.6 Å². The second-order valence-electron chi connectivity index (χ2n) is 7.93. The number of nitrogens with zero attached hydrogens (tertiary/aromatic N) is 2. The fourth-order valence-electron chi connectivity index (χ4n) is 3.93. The number of sulfonamides is 1. The second kappa shape index (κ2) is 8.43. The zero-order valence-corrected chi connectivity index (χ0v) is 18.6. The van der Waals surface area contributed by atoms with Crippen molar-refractivity contribution in [1.29, 1.82) is 0 Å². The van der Waals surface area contributed by atoms with E-state index in [4.69, 9.17) is 0 Å². The molecule has 1 aliphatic heterocycles. The Bertz CT molecular complexity index is 1100. The molecule has 7 nitrogen and oxygen atoms in total. The van der Waals surface area contributed by atoms with Gasteiger partial charge in [0.25, 0.3) is 5.91 Å². The molecule has 1 N–H and O–H groups in total. The van der Waals surface area contributed by atoms with Crippen LogP contribution in [0, 0.1) is 5.92 Å². The van der Waals surface area contributed by atoms with Crippen LogP contribution in [0.1, 0.15) is 42.6 Å². The van der Waals surface area contributed by atoms with Gasteiger partial charge in [0.15, 0.2) is 0 Å². The summed E-state index contributed by atoms with van der Waals surface area (Å²) in [6.45, 7) is 5.04. The highest BCUT2D eigenvalue weighted by Crippen LogP contribution is 2.37. The summed E-state index contributed by atoms with van der Waals surface area (Å²) >= 11 is 0. The normalized spacial score (nSPS) is 15.8. The summed E-state index contributed by atoms with van der Waals surface area (Å²) in [5.74, 6) is -0.00707. The first-order valence-electron chi connectivity index (χ1n) is 10.7. The van der Waals surface area contributed by atoms with Gasteiger partial charge in [0.2, 0.25) is 15.9 Å². The van der Waals surface area contributed by atoms with E-state index >= 15 is 0 Å². The van der Waals surface area contributed by atoms with Crippen molar-refractivity contribution in [3.8, 4) is 0 Å². The number of rotatable bonds is 7. The first-order valence-corrected chi connectivity index (χ1v) is 12.1. The topological polar surface area (TPSA) is 86.8 Å². The van der Waals surface area contributed by atoms with Crippen LogP contribution in [-0.2, 0) is 21.2 Å². The second-order valence-corrected chi connectivity index (χ2v) is 9.86. The molecular weight excluding hydrogens is 414 g/mol. The number of hydrogen-bond donors (Lipinski definition) is 1. The van der Waals surface area contributed by atoms with Crippen LogP contribution in [0.2, 0.25) is 0 Å². The van der Waals surface area contributed by atoms with Crippen molar-refractivity contribution >= 4 is 33.2 Å². The minimum absolute atomic E-state index is 0.148. The van der Waals surface area contributed by atoms with E-state index in [1.165, 1.54) is 28.6 Å². The molecule has 0 spiro atoms. The standard InChI is InChI=1S/C23H27N3O4S/c1-3-25(4-2)31(29,30)20-11-8-17(9-12-20)22(27)24-19-10-7-16-13-14-26(21(16)15-19)23(28)18-5-6-18/h7-12,15,18H,3-6,13-14H2,1-2H3,(H,24,27). The Morgan fingerprint density at radius 1 is 1.06 bits per heavy atom. The molecule has 0 aromatic heterocycles. The summed E-state index contributed by atoms with van der Waals surface area (Å²) in [5.41, 5.74) is 2.96. The van der Waals surface area contributed by atoms with Crippen LogP contribution in [-0.4, -0.2) is 44.2 Å². The predicted molar refractivity (Wildman–Crippen MR) is 120 cm³/mol. The smallest absolute Gasteiger partial charge is 0.255 e. The van der Waals surface area contributed by atoms with Crippen LogP contribution in [0.25, 0.3) is 0 Å². The number of fused-ring (bicyclic) bond motifs is 1. The molecule has 0 radical (unpaired) electrons. The van der Waals surface area contributed by atoms with Gasteiger partial charge in [0.1, 0.15) is 0 Å². The van der Waals surface area contributed by atoms with Crippen molar-refractivity contribution < 1.29 is 18.0 Å². The van der Waals surface area contributed by atoms with Crippen molar-refractivity contribution in [1.82, 2.24) is 4.31 Å². The van der Waals surface area contributed by atoms with Crippen LogP contribution in [0.3, 0.4) is 0 Å². The fourth-order valence-corrected chi connectivity index (χ4v) is 5.39. The van der Waals surface area contributed by atoms with Crippen LogP contribution < -0.4 is 10.2 Å². The van der Waals surface area contributed by atoms with Gasteiger partial charge in [-0.2, -0.15) is 4.31 Å². The molecule has 31 heavy (non-hydrogen) atoms. The van der Waals surface area contributed by atoms with Gasteiger partial charge >= 0.3 is 0 Å². The molecule has 8 heteroatoms. The third-order valence-corrected chi connectivity index (χ3v) is 7.96. The highest BCUT2D eigenvalue weighted by Gasteiger charge is 2.36. The molecule has 1 heterocycles. The zero-order valence-electron chi connectivity index (χ0n) is 17.8. The van der Waals surface area contributed by atoms with Crippen molar-refractivity contribution in [3.05, 3.63) is 53.6 Å². The molecule has 2 amide bonds. The third kappa shape index (κ3) is 4.22. The summed E-state index contributed by atoms with van der Waals surface area (Å²) in [5, 5.41) is 2.86. The Morgan fingerprint density at radius 2 is 1.74 bits per heavy atom. The molecule has 0 bridgehead atoms. The molecule has 2 aliphatic rings. The van der Waals surface area contributed by atoms with Gasteiger partial charge in [-0.25, -0.2) is 8.42 Å². The number of hydrogen-bond acceptors (Lipinski definition) is 4. The summed E-state index contributed by atoms with van der Waals surface area (Å²) in [7, 11) is -3.56. The van der Waals surface area contributed by atoms with Gasteiger partial charge in [-0.1, -0.05) is 19.9 Å². The van der Waals surface area contributed by atoms with Crippen molar-refractivity contribution in [2.45, 2.75) is 38.0 Å². The van der Waals surface area contributed by atoms with Crippen molar-refractivity contribution in [2.24, 2.45) is 5.92 Å². The first kappa shape index (κ1) is 21.5. The lowest BCUT2D eigenvalue weighted by atomic mass is 10.1. The molecule has 0 saturated heterocycles. The Kier molecular flexibility index (Phi) is 5.85. The van der Waals surface area contributed by atoms with E-state index in [9.17, 15) is 18.0 Å². The number of carbonyl (C=O) groups is 2. The molecule has 164 valence electrons. The lowest BCUT2D eigenvalue weighted by Crippen LogP contribution is -2.30. The predicted octanol–water partition coefficient (Wildman–Crippen LogP) is 3.27. The first-order chi connectivity index (χ1) is 14.8. The van der Waals surface area contributed by atoms with Crippen LogP contribution in [0.15, 0.2) is 47.4 Å². The molecule has 2 aromatic rings. The van der Waals surface area contributed by atoms with Crippen LogP contribution >= 0.6 is 0 Å². The highest BCUT2D eigenvalue weighted by molar-refractivity contribution is 7.89. The lowest BCUT2D eigenvalue weighted by Gasteiger charge is -2.18. The van der Waals surface area contributed by atoms with E-state index in [2.05, 4.69) is 5.32 Å². The van der Waals surface area contributed by atoms with Gasteiger partial charge in [-0.3, -0.25) is 9.59 Å². The number of benzene rings is 2. The maximum absolute atomic E-state index is 12.7. The van der Waals surface area contributed by atoms with E-state index in [0.29, 0.717) is 30.9 Å². The van der Waals surface area contributed by atoms with Crippen LogP contribution in [0.5, 0.6) is 0 Å². The van der Waals surface area contributed by atoms with Crippen molar-refractivity contribution in [2.75, 3.05) is 29.9 Å². The van der Waals surface area contributed by atoms with Gasteiger partial charge in [0.05, 0.1) is 4.90 Å². The van der Waals surface area contributed by atoms with Gasteiger partial charge in [0, 0.05) is 42.5 Å². The number of carbonyl (C=O) groups excluding carboxylic acids is 2. The molecule has 0 atom stereocenters. The molecule has 4 rings (SSSR count). The summed E-state index contributed by atoms with van der Waals surface area (Å²) < 4.78 is 26.6. The molecule has 2 aromatic carbocycles. The Balaban J connectivity index is 1.49. The zero-order chi connectivity index (χ0) is 22.2. The molecular formula is C23H27N3O4S. The Labute approximate surface area is 183 Å². The van der Waals surface area contributed by atoms with E-state index in [0.717, 1.165) is 30.5 Å². The minimum Gasteiger partial charge on any atom is -0.322 e. The quantitative estimate of drug-likeness (QED) is 0.714. The summed E-state index contributed by atoms with van der Waals surface area (Å²) in [6, 6.07) is 11.6. The van der Waals surface area contributed by atoms with E-state index in [1.807, 2.05) is 23.1 Å². The largest absolute Gasteiger partial charge is 0.322 e. The van der Waals surface area contributed by atoms with E-state index in [1.54, 1.807) is 13.8 Å². The minimum atomic E-state index is -3.56. The average molecular weight is 442 g/mol. The highest BCUT2D eigenvalue weighted by atomic mass is 32.2.